The molecule has 100 valence electrons. The minimum Gasteiger partial charge on any atom is -0.310 e. The Morgan fingerprint density at radius 3 is 2.83 bits per heavy atom. The zero-order valence-electron chi connectivity index (χ0n) is 11.0. The van der Waals surface area contributed by atoms with Gasteiger partial charge in [0.1, 0.15) is 5.82 Å². The van der Waals surface area contributed by atoms with E-state index >= 15 is 0 Å². The maximum atomic E-state index is 13.5. The van der Waals surface area contributed by atoms with Crippen LogP contribution in [0.5, 0.6) is 0 Å². The second-order valence-electron chi connectivity index (χ2n) is 5.01. The first kappa shape index (κ1) is 13.9. The molecular formula is C15H22FNS. The van der Waals surface area contributed by atoms with Gasteiger partial charge in [0.25, 0.3) is 0 Å². The Kier molecular flexibility index (Phi) is 5.51. The van der Waals surface area contributed by atoms with Gasteiger partial charge in [0.05, 0.1) is 0 Å². The molecule has 1 aliphatic rings. The van der Waals surface area contributed by atoms with Crippen molar-refractivity contribution in [3.63, 3.8) is 0 Å². The number of nitrogens with one attached hydrogen (secondary N) is 1. The van der Waals surface area contributed by atoms with E-state index in [0.717, 1.165) is 22.8 Å². The Morgan fingerprint density at radius 2 is 2.11 bits per heavy atom. The number of unbranched alkanes of at least 4 members (excludes halogenated alkanes) is 2. The average molecular weight is 267 g/mol. The van der Waals surface area contributed by atoms with Crippen LogP contribution < -0.4 is 5.32 Å². The topological polar surface area (TPSA) is 12.0 Å². The number of hydrogen-bond donors (Lipinski definition) is 1. The van der Waals surface area contributed by atoms with Crippen LogP contribution in [0.4, 0.5) is 4.39 Å². The molecule has 1 aromatic rings. The first-order valence-corrected chi connectivity index (χ1v) is 7.92. The minimum atomic E-state index is -0.108. The lowest BCUT2D eigenvalue weighted by atomic mass is 10.2. The van der Waals surface area contributed by atoms with Crippen molar-refractivity contribution < 1.29 is 4.39 Å². The van der Waals surface area contributed by atoms with Crippen LogP contribution in [-0.2, 0) is 6.54 Å². The van der Waals surface area contributed by atoms with Crippen molar-refractivity contribution >= 4 is 11.8 Å². The van der Waals surface area contributed by atoms with Gasteiger partial charge < -0.3 is 5.32 Å². The van der Waals surface area contributed by atoms with Crippen LogP contribution in [0.25, 0.3) is 0 Å². The van der Waals surface area contributed by atoms with Crippen molar-refractivity contribution in [3.8, 4) is 0 Å². The van der Waals surface area contributed by atoms with E-state index in [4.69, 9.17) is 0 Å². The van der Waals surface area contributed by atoms with Gasteiger partial charge in [-0.05, 0) is 48.8 Å². The van der Waals surface area contributed by atoms with E-state index < -0.39 is 0 Å². The van der Waals surface area contributed by atoms with Crippen LogP contribution in [0.2, 0.25) is 0 Å². The van der Waals surface area contributed by atoms with Crippen molar-refractivity contribution in [1.29, 1.82) is 0 Å². The normalized spacial score (nSPS) is 15.0. The highest BCUT2D eigenvalue weighted by atomic mass is 32.2. The number of halogens is 1. The average Bonchev–Trinajstić information content (AvgIpc) is 3.16. The first-order valence-electron chi connectivity index (χ1n) is 6.93. The second kappa shape index (κ2) is 7.15. The molecule has 0 heterocycles. The summed E-state index contributed by atoms with van der Waals surface area (Å²) in [6, 6.07) is 6.09. The summed E-state index contributed by atoms with van der Waals surface area (Å²) in [5, 5.41) is 3.43. The summed E-state index contributed by atoms with van der Waals surface area (Å²) in [5.74, 6) is 0.982. The van der Waals surface area contributed by atoms with E-state index in [9.17, 15) is 4.39 Å². The zero-order chi connectivity index (χ0) is 12.8. The smallest absolute Gasteiger partial charge is 0.124 e. The second-order valence-corrected chi connectivity index (χ2v) is 6.17. The lowest BCUT2D eigenvalue weighted by Gasteiger charge is -2.07. The molecular weight excluding hydrogens is 245 g/mol. The van der Waals surface area contributed by atoms with Crippen LogP contribution in [0.15, 0.2) is 23.1 Å². The Bertz CT molecular complexity index is 377. The number of hydrogen-bond acceptors (Lipinski definition) is 2. The van der Waals surface area contributed by atoms with Crippen molar-refractivity contribution in [2.75, 3.05) is 5.75 Å². The molecule has 0 unspecified atom stereocenters. The van der Waals surface area contributed by atoms with E-state index in [1.807, 2.05) is 0 Å². The van der Waals surface area contributed by atoms with Crippen LogP contribution in [-0.4, -0.2) is 11.8 Å². The molecule has 0 aliphatic heterocycles. The van der Waals surface area contributed by atoms with Crippen molar-refractivity contribution in [1.82, 2.24) is 5.32 Å². The summed E-state index contributed by atoms with van der Waals surface area (Å²) < 4.78 is 13.5. The Labute approximate surface area is 114 Å². The molecule has 1 nitrogen and oxygen atoms in total. The molecule has 0 saturated heterocycles. The van der Waals surface area contributed by atoms with E-state index in [-0.39, 0.29) is 5.82 Å². The SMILES string of the molecule is CCCCCSc1cc(F)cc(CNC2CC2)c1. The van der Waals surface area contributed by atoms with Crippen molar-refractivity contribution in [2.24, 2.45) is 0 Å². The Hall–Kier alpha value is -0.540. The van der Waals surface area contributed by atoms with E-state index in [1.54, 1.807) is 23.9 Å². The van der Waals surface area contributed by atoms with Gasteiger partial charge in [-0.1, -0.05) is 19.8 Å². The molecule has 0 radical (unpaired) electrons. The van der Waals surface area contributed by atoms with Gasteiger partial charge in [-0.2, -0.15) is 0 Å². The number of benzene rings is 1. The van der Waals surface area contributed by atoms with Crippen molar-refractivity contribution in [3.05, 3.63) is 29.6 Å². The van der Waals surface area contributed by atoms with Gasteiger partial charge in [0.2, 0.25) is 0 Å². The van der Waals surface area contributed by atoms with Crippen LogP contribution in [0.3, 0.4) is 0 Å². The van der Waals surface area contributed by atoms with Crippen LogP contribution in [0.1, 0.15) is 44.6 Å². The quantitative estimate of drug-likeness (QED) is 0.555. The fourth-order valence-electron chi connectivity index (χ4n) is 1.90. The molecule has 0 bridgehead atoms. The summed E-state index contributed by atoms with van der Waals surface area (Å²) in [7, 11) is 0. The molecule has 0 amide bonds. The summed E-state index contributed by atoms with van der Waals surface area (Å²) in [6.07, 6.45) is 6.26. The van der Waals surface area contributed by atoms with Gasteiger partial charge in [-0.3, -0.25) is 0 Å². The fourth-order valence-corrected chi connectivity index (χ4v) is 2.91. The fraction of sp³-hybridized carbons (Fsp3) is 0.600. The first-order chi connectivity index (χ1) is 8.78. The molecule has 1 saturated carbocycles. The molecule has 1 aliphatic carbocycles. The molecule has 1 fully saturated rings. The molecule has 0 spiro atoms. The Morgan fingerprint density at radius 1 is 1.28 bits per heavy atom. The number of rotatable bonds is 8. The van der Waals surface area contributed by atoms with Crippen LogP contribution >= 0.6 is 11.8 Å². The van der Waals surface area contributed by atoms with Crippen molar-refractivity contribution in [2.45, 2.75) is 56.5 Å². The highest BCUT2D eigenvalue weighted by Crippen LogP contribution is 2.24. The third-order valence-electron chi connectivity index (χ3n) is 3.12. The third kappa shape index (κ3) is 4.99. The van der Waals surface area contributed by atoms with E-state index in [0.29, 0.717) is 6.04 Å². The molecule has 0 aromatic heterocycles. The lowest BCUT2D eigenvalue weighted by molar-refractivity contribution is 0.615. The van der Waals surface area contributed by atoms with Gasteiger partial charge in [-0.15, -0.1) is 11.8 Å². The lowest BCUT2D eigenvalue weighted by Crippen LogP contribution is -2.15. The van der Waals surface area contributed by atoms with E-state index in [2.05, 4.69) is 18.3 Å². The molecule has 18 heavy (non-hydrogen) atoms. The van der Waals surface area contributed by atoms with Gasteiger partial charge in [0, 0.05) is 17.5 Å². The zero-order valence-corrected chi connectivity index (χ0v) is 11.9. The maximum Gasteiger partial charge on any atom is 0.124 e. The van der Waals surface area contributed by atoms with Gasteiger partial charge >= 0.3 is 0 Å². The third-order valence-corrected chi connectivity index (χ3v) is 4.18. The highest BCUT2D eigenvalue weighted by molar-refractivity contribution is 7.99. The molecule has 1 N–H and O–H groups in total. The highest BCUT2D eigenvalue weighted by Gasteiger charge is 2.20. The predicted octanol–water partition coefficient (Wildman–Crippen LogP) is 4.36. The molecule has 2 rings (SSSR count). The van der Waals surface area contributed by atoms with Crippen LogP contribution in [0, 0.1) is 5.82 Å². The maximum absolute atomic E-state index is 13.5. The summed E-state index contributed by atoms with van der Waals surface area (Å²) in [5.41, 5.74) is 1.07. The molecule has 3 heteroatoms. The summed E-state index contributed by atoms with van der Waals surface area (Å²) in [6.45, 7) is 3.00. The van der Waals surface area contributed by atoms with Gasteiger partial charge in [0.15, 0.2) is 0 Å². The molecule has 0 atom stereocenters. The predicted molar refractivity (Wildman–Crippen MR) is 76.5 cm³/mol. The summed E-state index contributed by atoms with van der Waals surface area (Å²) >= 11 is 1.77. The monoisotopic (exact) mass is 267 g/mol. The van der Waals surface area contributed by atoms with E-state index in [1.165, 1.54) is 32.1 Å². The standard InChI is InChI=1S/C15H22FNS/c1-2-3-4-7-18-15-9-12(8-13(16)10-15)11-17-14-5-6-14/h8-10,14,17H,2-7,11H2,1H3. The molecule has 1 aromatic carbocycles. The summed E-state index contributed by atoms with van der Waals surface area (Å²) in [4.78, 5) is 1.07. The largest absolute Gasteiger partial charge is 0.310 e. The number of thioether (sulfide) groups is 1. The Balaban J connectivity index is 1.84. The minimum absolute atomic E-state index is 0.108. The van der Waals surface area contributed by atoms with Gasteiger partial charge in [-0.25, -0.2) is 4.39 Å².